The van der Waals surface area contributed by atoms with Gasteiger partial charge in [0.05, 0.1) is 14.2 Å². The van der Waals surface area contributed by atoms with Crippen molar-refractivity contribution < 1.29 is 18.9 Å². The first kappa shape index (κ1) is 32.7. The van der Waals surface area contributed by atoms with Crippen molar-refractivity contribution in [1.29, 1.82) is 0 Å². The molecule has 7 heteroatoms. The third-order valence-electron chi connectivity index (χ3n) is 6.20. The van der Waals surface area contributed by atoms with Gasteiger partial charge in [0.15, 0.2) is 23.0 Å². The average Bonchev–Trinajstić information content (AvgIpc) is 2.98. The van der Waals surface area contributed by atoms with Crippen molar-refractivity contribution in [2.45, 2.75) is 33.1 Å². The molecule has 0 aromatic heterocycles. The summed E-state index contributed by atoms with van der Waals surface area (Å²) in [6.45, 7) is 6.61. The van der Waals surface area contributed by atoms with Gasteiger partial charge in [0.1, 0.15) is 13.2 Å². The Morgan fingerprint density at radius 3 is 1.48 bits per heavy atom. The van der Waals surface area contributed by atoms with Crippen LogP contribution in [0, 0.1) is 5.92 Å². The van der Waals surface area contributed by atoms with Crippen LogP contribution in [-0.2, 0) is 0 Å². The Kier molecular flexibility index (Phi) is 15.3. The van der Waals surface area contributed by atoms with E-state index in [4.69, 9.17) is 36.1 Å². The SMILES string of the molecule is CCC=C(/C=C/c1ccc(OC)c(OCCN)c1)C(CCN)C(=C\CC)/C=C/c1ccc(OC)c(OCCN)c1. The highest BCUT2D eigenvalue weighted by molar-refractivity contribution is 5.61. The zero-order chi connectivity index (χ0) is 29.2. The number of ether oxygens (including phenoxy) is 4. The van der Waals surface area contributed by atoms with E-state index >= 15 is 0 Å². The Morgan fingerprint density at radius 1 is 0.675 bits per heavy atom. The number of benzene rings is 2. The van der Waals surface area contributed by atoms with Gasteiger partial charge in [-0.25, -0.2) is 0 Å². The van der Waals surface area contributed by atoms with Crippen molar-refractivity contribution in [3.05, 3.63) is 83.0 Å². The highest BCUT2D eigenvalue weighted by atomic mass is 16.5. The van der Waals surface area contributed by atoms with E-state index in [1.165, 1.54) is 11.1 Å². The predicted molar refractivity (Wildman–Crippen MR) is 167 cm³/mol. The van der Waals surface area contributed by atoms with Gasteiger partial charge in [0.2, 0.25) is 0 Å². The van der Waals surface area contributed by atoms with Gasteiger partial charge < -0.3 is 36.1 Å². The molecule has 6 N–H and O–H groups in total. The Labute approximate surface area is 240 Å². The summed E-state index contributed by atoms with van der Waals surface area (Å²) in [7, 11) is 3.27. The fourth-order valence-corrected chi connectivity index (χ4v) is 4.36. The third kappa shape index (κ3) is 10.2. The Hall–Kier alpha value is -3.52. The fraction of sp³-hybridized carbons (Fsp3) is 0.394. The van der Waals surface area contributed by atoms with Gasteiger partial charge in [-0.2, -0.15) is 0 Å². The first-order valence-corrected chi connectivity index (χ1v) is 14.0. The average molecular weight is 550 g/mol. The first-order chi connectivity index (χ1) is 19.5. The molecule has 2 rings (SSSR count). The van der Waals surface area contributed by atoms with Gasteiger partial charge in [0.25, 0.3) is 0 Å². The van der Waals surface area contributed by atoms with Crippen LogP contribution < -0.4 is 36.1 Å². The molecule has 0 fully saturated rings. The Bertz CT molecular complexity index is 1070. The third-order valence-corrected chi connectivity index (χ3v) is 6.20. The van der Waals surface area contributed by atoms with E-state index in [1.54, 1.807) is 14.2 Å². The van der Waals surface area contributed by atoms with Crippen LogP contribution in [0.15, 0.2) is 71.8 Å². The van der Waals surface area contributed by atoms with Gasteiger partial charge >= 0.3 is 0 Å². The summed E-state index contributed by atoms with van der Waals surface area (Å²) >= 11 is 0. The highest BCUT2D eigenvalue weighted by Crippen LogP contribution is 2.32. The van der Waals surface area contributed by atoms with Gasteiger partial charge in [-0.1, -0.05) is 62.4 Å². The maximum absolute atomic E-state index is 6.12. The Balaban J connectivity index is 2.40. The molecule has 0 bridgehead atoms. The minimum atomic E-state index is 0.148. The van der Waals surface area contributed by atoms with E-state index in [2.05, 4.69) is 50.3 Å². The molecule has 2 aromatic rings. The lowest BCUT2D eigenvalue weighted by molar-refractivity contribution is 0.302. The number of hydrogen-bond donors (Lipinski definition) is 3. The van der Waals surface area contributed by atoms with Crippen LogP contribution in [0.4, 0.5) is 0 Å². The van der Waals surface area contributed by atoms with E-state index in [0.717, 1.165) is 30.4 Å². The van der Waals surface area contributed by atoms with Crippen LogP contribution in [-0.4, -0.2) is 47.1 Å². The molecular weight excluding hydrogens is 502 g/mol. The van der Waals surface area contributed by atoms with Crippen LogP contribution in [0.5, 0.6) is 23.0 Å². The summed E-state index contributed by atoms with van der Waals surface area (Å²) in [5, 5.41) is 0. The minimum Gasteiger partial charge on any atom is -0.493 e. The molecule has 0 saturated heterocycles. The fourth-order valence-electron chi connectivity index (χ4n) is 4.36. The molecular formula is C33H47N3O4. The maximum atomic E-state index is 6.12. The van der Waals surface area contributed by atoms with Gasteiger partial charge in [-0.3, -0.25) is 0 Å². The quantitative estimate of drug-likeness (QED) is 0.203. The molecule has 0 amide bonds. The van der Waals surface area contributed by atoms with E-state index in [1.807, 2.05) is 36.4 Å². The molecule has 218 valence electrons. The van der Waals surface area contributed by atoms with Gasteiger partial charge in [-0.05, 0) is 72.3 Å². The zero-order valence-electron chi connectivity index (χ0n) is 24.5. The second kappa shape index (κ2) is 18.7. The van der Waals surface area contributed by atoms with Crippen LogP contribution in [0.1, 0.15) is 44.2 Å². The summed E-state index contributed by atoms with van der Waals surface area (Å²) < 4.78 is 22.5. The minimum absolute atomic E-state index is 0.148. The zero-order valence-corrected chi connectivity index (χ0v) is 24.5. The smallest absolute Gasteiger partial charge is 0.161 e. The molecule has 1 atom stereocenters. The Morgan fingerprint density at radius 2 is 1.12 bits per heavy atom. The molecule has 40 heavy (non-hydrogen) atoms. The lowest BCUT2D eigenvalue weighted by atomic mass is 9.85. The van der Waals surface area contributed by atoms with Crippen LogP contribution in [0.25, 0.3) is 12.2 Å². The van der Waals surface area contributed by atoms with E-state index < -0.39 is 0 Å². The van der Waals surface area contributed by atoms with Crippen molar-refractivity contribution >= 4 is 12.2 Å². The number of hydrogen-bond acceptors (Lipinski definition) is 7. The van der Waals surface area contributed by atoms with Crippen molar-refractivity contribution in [3.8, 4) is 23.0 Å². The molecule has 0 heterocycles. The lowest BCUT2D eigenvalue weighted by Gasteiger charge is -2.20. The van der Waals surface area contributed by atoms with Gasteiger partial charge in [0, 0.05) is 19.0 Å². The van der Waals surface area contributed by atoms with Crippen LogP contribution >= 0.6 is 0 Å². The molecule has 0 radical (unpaired) electrons. The molecule has 7 nitrogen and oxygen atoms in total. The lowest BCUT2D eigenvalue weighted by Crippen LogP contribution is -2.12. The number of rotatable bonds is 18. The molecule has 0 aliphatic rings. The molecule has 0 aliphatic carbocycles. The molecule has 0 aliphatic heterocycles. The van der Waals surface area contributed by atoms with Crippen molar-refractivity contribution in [2.24, 2.45) is 23.1 Å². The van der Waals surface area contributed by atoms with Gasteiger partial charge in [-0.15, -0.1) is 0 Å². The molecule has 1 unspecified atom stereocenters. The molecule has 2 aromatic carbocycles. The monoisotopic (exact) mass is 549 g/mol. The number of nitrogens with two attached hydrogens (primary N) is 3. The van der Waals surface area contributed by atoms with Crippen molar-refractivity contribution in [3.63, 3.8) is 0 Å². The first-order valence-electron chi connectivity index (χ1n) is 14.0. The summed E-state index contributed by atoms with van der Waals surface area (Å²) in [4.78, 5) is 0. The second-order valence-corrected chi connectivity index (χ2v) is 9.12. The van der Waals surface area contributed by atoms with Crippen molar-refractivity contribution in [1.82, 2.24) is 0 Å². The van der Waals surface area contributed by atoms with E-state index in [0.29, 0.717) is 55.8 Å². The van der Waals surface area contributed by atoms with Crippen LogP contribution in [0.2, 0.25) is 0 Å². The molecule has 0 saturated carbocycles. The normalized spacial score (nSPS) is 13.2. The summed E-state index contributed by atoms with van der Waals surface area (Å²) in [5.41, 5.74) is 21.9. The van der Waals surface area contributed by atoms with E-state index in [-0.39, 0.29) is 5.92 Å². The number of allylic oxidation sites excluding steroid dienone is 6. The summed E-state index contributed by atoms with van der Waals surface area (Å²) in [6.07, 6.45) is 15.8. The topological polar surface area (TPSA) is 115 Å². The number of methoxy groups -OCH3 is 2. The molecule has 0 spiro atoms. The largest absolute Gasteiger partial charge is 0.493 e. The van der Waals surface area contributed by atoms with E-state index in [9.17, 15) is 0 Å². The standard InChI is InChI=1S/C33H47N3O4/c1-5-7-27(13-9-25-11-15-30(37-3)32(23-25)39-21-19-35)29(17-18-34)28(8-6-2)14-10-26-12-16-31(38-4)33(24-26)40-22-20-36/h7-16,23-24,29H,5-6,17-22,34-36H2,1-4H3/b13-9+,14-10+,27-7-,28-8?. The summed E-state index contributed by atoms with van der Waals surface area (Å²) in [5.74, 6) is 2.88. The highest BCUT2D eigenvalue weighted by Gasteiger charge is 2.16. The second-order valence-electron chi connectivity index (χ2n) is 9.12. The van der Waals surface area contributed by atoms with Crippen molar-refractivity contribution in [2.75, 3.05) is 47.1 Å². The summed E-state index contributed by atoms with van der Waals surface area (Å²) in [6, 6.07) is 11.8. The maximum Gasteiger partial charge on any atom is 0.161 e. The predicted octanol–water partition coefficient (Wildman–Crippen LogP) is 5.74. The van der Waals surface area contributed by atoms with Crippen LogP contribution in [0.3, 0.4) is 0 Å².